The molecule has 1 saturated carbocycles. The summed E-state index contributed by atoms with van der Waals surface area (Å²) in [5.41, 5.74) is 6.37. The maximum absolute atomic E-state index is 12.4. The van der Waals surface area contributed by atoms with Crippen LogP contribution in [-0.2, 0) is 0 Å². The smallest absolute Gasteiger partial charge is 0.255 e. The molecule has 1 aliphatic carbocycles. The summed E-state index contributed by atoms with van der Waals surface area (Å²) in [4.78, 5) is 12.4. The van der Waals surface area contributed by atoms with Crippen LogP contribution < -0.4 is 15.8 Å². The van der Waals surface area contributed by atoms with E-state index in [-0.39, 0.29) is 11.9 Å². The average molecular weight is 341 g/mol. The van der Waals surface area contributed by atoms with Gasteiger partial charge in [-0.3, -0.25) is 4.79 Å². The van der Waals surface area contributed by atoms with Crippen LogP contribution in [0.4, 0.5) is 0 Å². The van der Waals surface area contributed by atoms with Gasteiger partial charge in [-0.2, -0.15) is 0 Å². The first kappa shape index (κ1) is 15.3. The number of carbonyl (C=O) groups is 1. The first-order chi connectivity index (χ1) is 9.65. The second-order valence-electron chi connectivity index (χ2n) is 5.20. The van der Waals surface area contributed by atoms with Crippen molar-refractivity contribution >= 4 is 21.8 Å². The van der Waals surface area contributed by atoms with Crippen LogP contribution in [0.25, 0.3) is 0 Å². The first-order valence-corrected chi connectivity index (χ1v) is 7.79. The van der Waals surface area contributed by atoms with Crippen LogP contribution in [0.2, 0.25) is 0 Å². The summed E-state index contributed by atoms with van der Waals surface area (Å²) >= 11 is 3.37. The number of nitrogens with two attached hydrogens (primary N) is 1. The number of halogens is 1. The topological polar surface area (TPSA) is 64.3 Å². The van der Waals surface area contributed by atoms with Crippen molar-refractivity contribution in [3.05, 3.63) is 28.2 Å². The van der Waals surface area contributed by atoms with E-state index < -0.39 is 0 Å². The standard InChI is InChI=1S/C15H21BrN2O2/c1-20-14-8-11(16)6-7-12(14)15(19)18-13(9-17)10-4-2-3-5-10/h6-8,10,13H,2-5,9,17H2,1H3,(H,18,19). The molecule has 110 valence electrons. The molecule has 3 N–H and O–H groups in total. The van der Waals surface area contributed by atoms with Crippen molar-refractivity contribution in [3.8, 4) is 5.75 Å². The Morgan fingerprint density at radius 2 is 2.20 bits per heavy atom. The third-order valence-corrected chi connectivity index (χ3v) is 4.44. The first-order valence-electron chi connectivity index (χ1n) is 7.00. The van der Waals surface area contributed by atoms with E-state index >= 15 is 0 Å². The molecule has 0 saturated heterocycles. The van der Waals surface area contributed by atoms with E-state index in [0.29, 0.717) is 23.8 Å². The Morgan fingerprint density at radius 3 is 2.80 bits per heavy atom. The lowest BCUT2D eigenvalue weighted by Gasteiger charge is -2.23. The fourth-order valence-corrected chi connectivity index (χ4v) is 3.17. The molecule has 1 fully saturated rings. The summed E-state index contributed by atoms with van der Waals surface area (Å²) in [5, 5.41) is 3.06. The molecule has 0 aliphatic heterocycles. The number of nitrogens with one attached hydrogen (secondary N) is 1. The minimum Gasteiger partial charge on any atom is -0.496 e. The second kappa shape index (κ2) is 7.09. The molecule has 1 unspecified atom stereocenters. The largest absolute Gasteiger partial charge is 0.496 e. The van der Waals surface area contributed by atoms with E-state index in [1.807, 2.05) is 6.07 Å². The van der Waals surface area contributed by atoms with Crippen molar-refractivity contribution in [1.29, 1.82) is 0 Å². The van der Waals surface area contributed by atoms with E-state index in [2.05, 4.69) is 21.2 Å². The fraction of sp³-hybridized carbons (Fsp3) is 0.533. The summed E-state index contributed by atoms with van der Waals surface area (Å²) < 4.78 is 6.15. The van der Waals surface area contributed by atoms with Crippen LogP contribution in [0, 0.1) is 5.92 Å². The monoisotopic (exact) mass is 340 g/mol. The van der Waals surface area contributed by atoms with E-state index in [0.717, 1.165) is 17.3 Å². The van der Waals surface area contributed by atoms with E-state index in [4.69, 9.17) is 10.5 Å². The molecule has 5 heteroatoms. The van der Waals surface area contributed by atoms with E-state index in [9.17, 15) is 4.79 Å². The lowest BCUT2D eigenvalue weighted by molar-refractivity contribution is 0.0921. The quantitative estimate of drug-likeness (QED) is 0.866. The molecule has 2 rings (SSSR count). The van der Waals surface area contributed by atoms with Gasteiger partial charge in [0, 0.05) is 17.1 Å². The van der Waals surface area contributed by atoms with Crippen molar-refractivity contribution in [2.45, 2.75) is 31.7 Å². The van der Waals surface area contributed by atoms with Crippen LogP contribution >= 0.6 is 15.9 Å². The maximum atomic E-state index is 12.4. The average Bonchev–Trinajstić information content (AvgIpc) is 2.98. The van der Waals surface area contributed by atoms with Gasteiger partial charge in [0.1, 0.15) is 5.75 Å². The highest BCUT2D eigenvalue weighted by Crippen LogP contribution is 2.28. The van der Waals surface area contributed by atoms with Crippen LogP contribution in [0.3, 0.4) is 0 Å². The summed E-state index contributed by atoms with van der Waals surface area (Å²) in [6, 6.07) is 5.45. The SMILES string of the molecule is COc1cc(Br)ccc1C(=O)NC(CN)C1CCCC1. The van der Waals surface area contributed by atoms with Crippen molar-refractivity contribution in [2.24, 2.45) is 11.7 Å². The van der Waals surface area contributed by atoms with Gasteiger partial charge < -0.3 is 15.8 Å². The molecule has 1 aromatic carbocycles. The van der Waals surface area contributed by atoms with Crippen LogP contribution in [0.15, 0.2) is 22.7 Å². The summed E-state index contributed by atoms with van der Waals surface area (Å²) in [6.45, 7) is 0.481. The summed E-state index contributed by atoms with van der Waals surface area (Å²) in [5.74, 6) is 0.959. The van der Waals surface area contributed by atoms with Crippen LogP contribution in [0.5, 0.6) is 5.75 Å². The van der Waals surface area contributed by atoms with Gasteiger partial charge in [0.05, 0.1) is 12.7 Å². The number of amides is 1. The molecule has 0 aromatic heterocycles. The molecule has 1 aliphatic rings. The molecule has 0 bridgehead atoms. The third kappa shape index (κ3) is 3.52. The third-order valence-electron chi connectivity index (χ3n) is 3.95. The van der Waals surface area contributed by atoms with Crippen molar-refractivity contribution in [2.75, 3.05) is 13.7 Å². The van der Waals surface area contributed by atoms with Gasteiger partial charge in [0.15, 0.2) is 0 Å². The summed E-state index contributed by atoms with van der Waals surface area (Å²) in [6.07, 6.45) is 4.77. The van der Waals surface area contributed by atoms with Gasteiger partial charge in [0.2, 0.25) is 0 Å². The number of methoxy groups -OCH3 is 1. The predicted molar refractivity (Wildman–Crippen MR) is 83.0 cm³/mol. The second-order valence-corrected chi connectivity index (χ2v) is 6.12. The molecule has 0 spiro atoms. The molecule has 1 aromatic rings. The molecule has 4 nitrogen and oxygen atoms in total. The van der Waals surface area contributed by atoms with E-state index in [1.165, 1.54) is 12.8 Å². The Hall–Kier alpha value is -1.07. The highest BCUT2D eigenvalue weighted by atomic mass is 79.9. The van der Waals surface area contributed by atoms with E-state index in [1.54, 1.807) is 19.2 Å². The molecular weight excluding hydrogens is 320 g/mol. The zero-order chi connectivity index (χ0) is 14.5. The Kier molecular flexibility index (Phi) is 5.43. The molecule has 1 amide bonds. The Bertz CT molecular complexity index is 473. The van der Waals surface area contributed by atoms with Crippen molar-refractivity contribution < 1.29 is 9.53 Å². The van der Waals surface area contributed by atoms with Gasteiger partial charge in [-0.05, 0) is 37.0 Å². The lowest BCUT2D eigenvalue weighted by Crippen LogP contribution is -2.44. The minimum atomic E-state index is -0.114. The van der Waals surface area contributed by atoms with Gasteiger partial charge in [-0.1, -0.05) is 28.8 Å². The lowest BCUT2D eigenvalue weighted by atomic mass is 9.98. The highest BCUT2D eigenvalue weighted by Gasteiger charge is 2.26. The van der Waals surface area contributed by atoms with Crippen molar-refractivity contribution in [3.63, 3.8) is 0 Å². The number of rotatable bonds is 5. The van der Waals surface area contributed by atoms with Crippen LogP contribution in [-0.4, -0.2) is 25.6 Å². The minimum absolute atomic E-state index is 0.0540. The van der Waals surface area contributed by atoms with Gasteiger partial charge >= 0.3 is 0 Å². The zero-order valence-electron chi connectivity index (χ0n) is 11.7. The van der Waals surface area contributed by atoms with Gasteiger partial charge in [0.25, 0.3) is 5.91 Å². The Morgan fingerprint density at radius 1 is 1.50 bits per heavy atom. The Balaban J connectivity index is 2.10. The Labute approximate surface area is 128 Å². The highest BCUT2D eigenvalue weighted by molar-refractivity contribution is 9.10. The molecule has 0 heterocycles. The van der Waals surface area contributed by atoms with Crippen LogP contribution in [0.1, 0.15) is 36.0 Å². The summed E-state index contributed by atoms with van der Waals surface area (Å²) in [7, 11) is 1.57. The molecule has 20 heavy (non-hydrogen) atoms. The number of ether oxygens (including phenoxy) is 1. The van der Waals surface area contributed by atoms with Gasteiger partial charge in [-0.25, -0.2) is 0 Å². The normalized spacial score (nSPS) is 16.9. The predicted octanol–water partition coefficient (Wildman–Crippen LogP) is 2.71. The maximum Gasteiger partial charge on any atom is 0.255 e. The number of benzene rings is 1. The van der Waals surface area contributed by atoms with Gasteiger partial charge in [-0.15, -0.1) is 0 Å². The number of hydrogen-bond acceptors (Lipinski definition) is 3. The molecule has 1 atom stereocenters. The number of carbonyl (C=O) groups excluding carboxylic acids is 1. The molecule has 0 radical (unpaired) electrons. The van der Waals surface area contributed by atoms with Crippen molar-refractivity contribution in [1.82, 2.24) is 5.32 Å². The molecular formula is C15H21BrN2O2. The number of hydrogen-bond donors (Lipinski definition) is 2. The zero-order valence-corrected chi connectivity index (χ0v) is 13.3. The fourth-order valence-electron chi connectivity index (χ4n) is 2.83.